The van der Waals surface area contributed by atoms with Gasteiger partial charge in [0, 0.05) is 46.7 Å². The molecule has 3 saturated heterocycles. The van der Waals surface area contributed by atoms with Gasteiger partial charge in [-0.2, -0.15) is 0 Å². The Balaban J connectivity index is 1.18. The number of benzene rings is 5. The lowest BCUT2D eigenvalue weighted by atomic mass is 9.86. The van der Waals surface area contributed by atoms with E-state index in [0.29, 0.717) is 12.1 Å². The van der Waals surface area contributed by atoms with Gasteiger partial charge in [0.1, 0.15) is 89.5 Å². The summed E-state index contributed by atoms with van der Waals surface area (Å²) in [6.45, 7) is 6.57. The molecule has 676 valence electrons. The Bertz CT molecular complexity index is 5020. The Labute approximate surface area is 714 Å². The van der Waals surface area contributed by atoms with E-state index in [0.717, 1.165) is 60.7 Å². The number of hydrogen-bond acceptors (Lipinski definition) is 32. The molecule has 0 aliphatic carbocycles. The van der Waals surface area contributed by atoms with Crippen molar-refractivity contribution >= 4 is 91.6 Å². The topological polar surface area (TPSA) is 708 Å². The van der Waals surface area contributed by atoms with Gasteiger partial charge >= 0.3 is 21.2 Å². The van der Waals surface area contributed by atoms with Crippen LogP contribution in [0.2, 0.25) is 10.0 Å². The van der Waals surface area contributed by atoms with E-state index in [1.165, 1.54) is 46.1 Å². The predicted octanol–water partition coefficient (Wildman–Crippen LogP) is -1.44. The first kappa shape index (κ1) is 95.1. The van der Waals surface area contributed by atoms with Crippen molar-refractivity contribution in [2.24, 2.45) is 23.1 Å². The summed E-state index contributed by atoms with van der Waals surface area (Å²) in [6, 6.07) is -2.53. The third-order valence-corrected chi connectivity index (χ3v) is 25.3. The summed E-state index contributed by atoms with van der Waals surface area (Å²) in [5.41, 5.74) is 8.97. The summed E-state index contributed by atoms with van der Waals surface area (Å²) in [7, 11) is -10.4. The average molecular weight is 1820 g/mol. The minimum atomic E-state index is -5.93. The maximum Gasteiger partial charge on any atom is 0.360 e. The van der Waals surface area contributed by atoms with E-state index >= 15 is 24.0 Å². The van der Waals surface area contributed by atoms with Gasteiger partial charge in [0.2, 0.25) is 58.9 Å². The largest absolute Gasteiger partial charge is 0.508 e. The van der Waals surface area contributed by atoms with Crippen molar-refractivity contribution in [2.45, 2.75) is 206 Å². The number of phenols is 3. The van der Waals surface area contributed by atoms with Crippen LogP contribution in [-0.2, 0) is 80.7 Å². The molecule has 17 unspecified atom stereocenters. The summed E-state index contributed by atoms with van der Waals surface area (Å²) in [6.07, 6.45) is -24.2. The minimum Gasteiger partial charge on any atom is -0.508 e. The number of aliphatic hydroxyl groups is 6. The van der Waals surface area contributed by atoms with Gasteiger partial charge < -0.3 is 168 Å². The number of rotatable bonds is 20. The summed E-state index contributed by atoms with van der Waals surface area (Å²) in [4.78, 5) is 175. The molecule has 8 aliphatic heterocycles. The number of esters is 1. The number of carbonyl (C=O) groups excluding carboxylic acids is 9. The van der Waals surface area contributed by atoms with Crippen LogP contribution in [0.5, 0.6) is 46.0 Å². The highest BCUT2D eigenvalue weighted by molar-refractivity contribution is 7.70. The van der Waals surface area contributed by atoms with Gasteiger partial charge in [-0.25, -0.2) is 4.79 Å². The van der Waals surface area contributed by atoms with Crippen LogP contribution in [0.1, 0.15) is 125 Å². The number of hydrogen-bond donors (Lipinski definition) is 24. The second kappa shape index (κ2) is 37.9. The standard InChI is InChI=1S/C76H95Cl2N11O33P2/c1-27(2)14-39(82-7)66(101)88-56-58(96)31-9-12-43(37(77)16-31)117-45-18-33-19-46(62(45)122-73-63(60(98)59(97)47(25-90)119-73)121-51-24-76(6,81)65(100)29(4)116-51)118-44-13-10-32(17-38(44)78)61(120-50-23-75(5,80)64(99)28(3)115-50)57-71(106)87-55(72(107)114-26-49(95)84-74(123(108,109)110)124(111,112)113)36-20-34(91)21-42(93)52(36)35-15-30(8-11-41(35)92)53(68(103)89-57)86-69(104)54(33)85-67(102)40(22-48(79)94)83-70(56)105/h8-13,15-21,27-29,39-40,47,50-51,53-61,63-65,73-74,82,90-93,96-100H,14,22-26,80-81H2,1-7H3,(H2,79,94)(H,83,105)(H,84,95)(H,85,102)(H,86,104)(H,87,106)(H,88,101)(H,89,103)(H2,108,109,110)(H2,111,112,113)/t28?,29?,39?,40?,47?,50?,51?,53?,54?,55-,56?,57?,58+,59?,60?,61-,63?,64?,65?,73?,75+,76+/m1/s1. The van der Waals surface area contributed by atoms with Crippen LogP contribution in [0.15, 0.2) is 78.9 Å². The Hall–Kier alpha value is -9.55. The molecule has 8 heterocycles. The molecule has 27 N–H and O–H groups in total. The van der Waals surface area contributed by atoms with Crippen LogP contribution >= 0.6 is 38.4 Å². The van der Waals surface area contributed by atoms with Gasteiger partial charge in [-0.15, -0.1) is 0 Å². The second-order valence-electron chi connectivity index (χ2n) is 31.6. The first-order chi connectivity index (χ1) is 58.0. The van der Waals surface area contributed by atoms with Gasteiger partial charge in [0.25, 0.3) is 5.91 Å². The van der Waals surface area contributed by atoms with E-state index in [1.54, 1.807) is 13.8 Å². The molecule has 124 heavy (non-hydrogen) atoms. The smallest absolute Gasteiger partial charge is 0.360 e. The lowest BCUT2D eigenvalue weighted by molar-refractivity contribution is -0.333. The molecule has 0 spiro atoms. The number of ether oxygens (including phenoxy) is 9. The summed E-state index contributed by atoms with van der Waals surface area (Å²) >= 11 is 14.5. The zero-order valence-electron chi connectivity index (χ0n) is 66.8. The number of likely N-dealkylation sites (N-methyl/N-ethyl adjacent to an activating group) is 1. The molecule has 48 heteroatoms. The summed E-state index contributed by atoms with van der Waals surface area (Å²) < 4.78 is 81.4. The zero-order valence-corrected chi connectivity index (χ0v) is 70.1. The Morgan fingerprint density at radius 1 is 0.653 bits per heavy atom. The first-order valence-electron chi connectivity index (χ1n) is 38.4. The zero-order chi connectivity index (χ0) is 91.2. The number of nitrogens with one attached hydrogen (secondary N) is 8. The fourth-order valence-corrected chi connectivity index (χ4v) is 17.7. The van der Waals surface area contributed by atoms with Crippen LogP contribution in [0.25, 0.3) is 11.1 Å². The lowest BCUT2D eigenvalue weighted by Crippen LogP contribution is -2.64. The predicted molar refractivity (Wildman–Crippen MR) is 425 cm³/mol. The molecule has 8 amide bonds. The van der Waals surface area contributed by atoms with Gasteiger partial charge in [-0.3, -0.25) is 47.5 Å². The molecule has 11 bridgehead atoms. The van der Waals surface area contributed by atoms with Crippen molar-refractivity contribution in [1.82, 2.24) is 42.5 Å². The van der Waals surface area contributed by atoms with Crippen molar-refractivity contribution in [1.29, 1.82) is 0 Å². The van der Waals surface area contributed by atoms with Crippen LogP contribution < -0.4 is 73.9 Å². The molecule has 22 atom stereocenters. The fourth-order valence-electron chi connectivity index (χ4n) is 15.0. The van der Waals surface area contributed by atoms with Crippen molar-refractivity contribution in [3.8, 4) is 57.1 Å². The molecule has 13 rings (SSSR count). The number of carbonyl (C=O) groups is 9. The van der Waals surface area contributed by atoms with E-state index in [-0.39, 0.29) is 29.9 Å². The van der Waals surface area contributed by atoms with E-state index in [2.05, 4.69) is 37.2 Å². The third-order valence-electron chi connectivity index (χ3n) is 21.4. The average Bonchev–Trinajstić information content (AvgIpc) is 0.762. The first-order valence-corrected chi connectivity index (χ1v) is 42.5. The van der Waals surface area contributed by atoms with E-state index in [9.17, 15) is 93.8 Å². The summed E-state index contributed by atoms with van der Waals surface area (Å²) in [5.74, 6) is -19.5. The van der Waals surface area contributed by atoms with Crippen molar-refractivity contribution in [3.05, 3.63) is 117 Å². The number of aliphatic hydroxyl groups excluding tert-OH is 6. The maximum absolute atomic E-state index is 16.5. The van der Waals surface area contributed by atoms with Crippen LogP contribution in [0.4, 0.5) is 0 Å². The monoisotopic (exact) mass is 1820 g/mol. The molecule has 5 aromatic carbocycles. The molecule has 0 aromatic heterocycles. The van der Waals surface area contributed by atoms with Gasteiger partial charge in [-0.05, 0) is 124 Å². The molecule has 0 saturated carbocycles. The number of phenolic OH excluding ortho intramolecular Hbond substituents is 3. The molecule has 3 fully saturated rings. The van der Waals surface area contributed by atoms with Crippen molar-refractivity contribution in [2.75, 3.05) is 20.3 Å². The third kappa shape index (κ3) is 21.2. The van der Waals surface area contributed by atoms with Crippen LogP contribution in [0, 0.1) is 5.92 Å². The highest BCUT2D eigenvalue weighted by Gasteiger charge is 2.53. The fraction of sp³-hybridized carbons (Fsp3) is 0.487. The number of amides is 8. The Morgan fingerprint density at radius 2 is 1.21 bits per heavy atom. The van der Waals surface area contributed by atoms with Crippen molar-refractivity contribution in [3.63, 3.8) is 0 Å². The number of nitrogens with two attached hydrogens (primary N) is 3. The van der Waals surface area contributed by atoms with E-state index in [1.807, 2.05) is 0 Å². The van der Waals surface area contributed by atoms with Crippen LogP contribution in [-0.4, -0.2) is 247 Å². The molecule has 0 radical (unpaired) electrons. The number of halogens is 2. The van der Waals surface area contributed by atoms with Crippen molar-refractivity contribution < 1.29 is 160 Å². The van der Waals surface area contributed by atoms with Gasteiger partial charge in [0.15, 0.2) is 42.8 Å². The van der Waals surface area contributed by atoms with E-state index in [4.69, 9.17) is 83.0 Å². The highest BCUT2D eigenvalue weighted by Crippen LogP contribution is 2.58. The molecule has 44 nitrogen and oxygen atoms in total. The molecular formula is C76H95Cl2N11O33P2. The van der Waals surface area contributed by atoms with Gasteiger partial charge in [0.05, 0.1) is 53.5 Å². The Morgan fingerprint density at radius 3 is 1.77 bits per heavy atom. The second-order valence-corrected chi connectivity index (χ2v) is 36.3. The summed E-state index contributed by atoms with van der Waals surface area (Å²) in [5, 5.41) is 123. The molecule has 8 aliphatic rings. The number of aromatic hydroxyl groups is 3. The molecule has 5 aromatic rings. The highest BCUT2D eigenvalue weighted by atomic mass is 35.5. The minimum absolute atomic E-state index is 0.151. The maximum atomic E-state index is 16.5. The quantitative estimate of drug-likeness (QED) is 0.0313. The van der Waals surface area contributed by atoms with Crippen LogP contribution in [0.3, 0.4) is 0 Å². The normalized spacial score (nSPS) is 30.2. The lowest BCUT2D eigenvalue weighted by Gasteiger charge is -2.47. The van der Waals surface area contributed by atoms with Gasteiger partial charge in [-0.1, -0.05) is 55.2 Å². The SMILES string of the molecule is CNC(CC(C)C)C(=O)NC1C(=O)NC(CC(N)=O)C(=O)NC2C(=O)NC3C(=O)NC(C(=O)N[C@@H](C(=O)OCC(=O)NC(P(=O)(O)O)P(=O)(O)O)c4cc(O)cc(O)c4-c4cc3ccc4O)[C@H](OC3C[C@](C)(N)C(O)C(C)O3)c3ccc(c(Cl)c3)Oc3cc2cc(c3OC2OC(CO)C(O)C(O)C2OC2C[C@](C)(N)C(O)C(C)O2)Oc2ccc(cc2Cl)[C@@H]1O. The number of primary amides is 1. The number of fused-ring (bicyclic) bond motifs is 15. The van der Waals surface area contributed by atoms with E-state index < -0.39 is 317 Å². The Kier molecular flexibility index (Phi) is 29.1. The molecular weight excluding hydrogens is 1730 g/mol.